The molecule has 0 unspecified atom stereocenters. The Bertz CT molecular complexity index is 1110. The molecule has 7 nitrogen and oxygen atoms in total. The number of hydrogen-bond donors (Lipinski definition) is 1. The predicted molar refractivity (Wildman–Crippen MR) is 118 cm³/mol. The van der Waals surface area contributed by atoms with Gasteiger partial charge in [0, 0.05) is 12.1 Å². The van der Waals surface area contributed by atoms with E-state index in [2.05, 4.69) is 15.3 Å². The zero-order valence-electron chi connectivity index (χ0n) is 18.1. The van der Waals surface area contributed by atoms with Gasteiger partial charge in [-0.25, -0.2) is 9.97 Å². The fraction of sp³-hybridized carbons (Fsp3) is 0.292. The number of carbonyl (C=O) groups is 1. The number of hydrogen-bond acceptors (Lipinski definition) is 7. The second-order valence-corrected chi connectivity index (χ2v) is 7.45. The number of ketones is 1. The molecule has 0 saturated heterocycles. The maximum absolute atomic E-state index is 12.9. The van der Waals surface area contributed by atoms with Gasteiger partial charge >= 0.3 is 0 Å². The number of ether oxygens (including phenoxy) is 3. The first kappa shape index (κ1) is 20.7. The van der Waals surface area contributed by atoms with Crippen LogP contribution in [0.3, 0.4) is 0 Å². The van der Waals surface area contributed by atoms with Crippen molar-refractivity contribution in [1.29, 1.82) is 0 Å². The molecule has 7 heteroatoms. The molecule has 0 radical (unpaired) electrons. The molecular formula is C24H25N3O4. The Kier molecular flexibility index (Phi) is 5.75. The lowest BCUT2D eigenvalue weighted by Crippen LogP contribution is -2.23. The Morgan fingerprint density at radius 1 is 0.903 bits per heavy atom. The molecule has 0 fully saturated rings. The third-order valence-electron chi connectivity index (χ3n) is 5.54. The molecule has 0 amide bonds. The average molecular weight is 419 g/mol. The first-order valence-electron chi connectivity index (χ1n) is 10.1. The summed E-state index contributed by atoms with van der Waals surface area (Å²) in [6, 6.07) is 13.3. The Balaban J connectivity index is 1.63. The van der Waals surface area contributed by atoms with E-state index < -0.39 is 0 Å². The highest BCUT2D eigenvalue weighted by molar-refractivity contribution is 5.99. The topological polar surface area (TPSA) is 82.6 Å². The molecule has 0 saturated carbocycles. The lowest BCUT2D eigenvalue weighted by atomic mass is 9.81. The van der Waals surface area contributed by atoms with Gasteiger partial charge in [0.1, 0.15) is 5.75 Å². The molecule has 1 aliphatic carbocycles. The zero-order chi connectivity index (χ0) is 22.0. The van der Waals surface area contributed by atoms with E-state index in [9.17, 15) is 4.79 Å². The Morgan fingerprint density at radius 3 is 2.32 bits per heavy atom. The van der Waals surface area contributed by atoms with Gasteiger partial charge in [-0.2, -0.15) is 0 Å². The van der Waals surface area contributed by atoms with E-state index in [1.54, 1.807) is 21.3 Å². The summed E-state index contributed by atoms with van der Waals surface area (Å²) in [6.07, 6.45) is 1.06. The summed E-state index contributed by atoms with van der Waals surface area (Å²) in [5.74, 6) is 2.65. The first-order valence-corrected chi connectivity index (χ1v) is 10.1. The van der Waals surface area contributed by atoms with Gasteiger partial charge in [-0.3, -0.25) is 4.79 Å². The largest absolute Gasteiger partial charge is 0.497 e. The minimum absolute atomic E-state index is 0.0166. The van der Waals surface area contributed by atoms with E-state index in [1.807, 2.05) is 49.4 Å². The molecule has 3 aromatic rings. The Hall–Kier alpha value is -3.61. The number of methoxy groups -OCH3 is 3. The molecule has 0 aliphatic heterocycles. The molecule has 31 heavy (non-hydrogen) atoms. The van der Waals surface area contributed by atoms with Crippen LogP contribution in [0, 0.1) is 6.92 Å². The van der Waals surface area contributed by atoms with Gasteiger partial charge < -0.3 is 19.5 Å². The molecule has 4 rings (SSSR count). The average Bonchev–Trinajstić information content (AvgIpc) is 2.78. The van der Waals surface area contributed by atoms with E-state index in [1.165, 1.54) is 0 Å². The standard InChI is InChI=1S/C24H25N3O4/c1-14-23-19(27-24(25-14)26-17-6-8-18(29-2)9-7-17)11-16(12-20(23)28)15-5-10-21(30-3)22(13-15)31-4/h5-10,13,16H,11-12H2,1-4H3,(H,25,26,27)/t16-/m0/s1. The minimum atomic E-state index is 0.0166. The zero-order valence-corrected chi connectivity index (χ0v) is 18.1. The summed E-state index contributed by atoms with van der Waals surface area (Å²) >= 11 is 0. The van der Waals surface area contributed by atoms with E-state index in [-0.39, 0.29) is 11.7 Å². The number of aryl methyl sites for hydroxylation is 1. The highest BCUT2D eigenvalue weighted by Crippen LogP contribution is 2.37. The van der Waals surface area contributed by atoms with Crippen molar-refractivity contribution in [2.45, 2.75) is 25.7 Å². The molecule has 1 atom stereocenters. The molecule has 1 aromatic heterocycles. The fourth-order valence-electron chi connectivity index (χ4n) is 3.98. The first-order chi connectivity index (χ1) is 15.0. The van der Waals surface area contributed by atoms with Crippen LogP contribution in [0.25, 0.3) is 0 Å². The molecular weight excluding hydrogens is 394 g/mol. The van der Waals surface area contributed by atoms with Gasteiger partial charge in [0.05, 0.1) is 38.3 Å². The highest BCUT2D eigenvalue weighted by atomic mass is 16.5. The monoisotopic (exact) mass is 419 g/mol. The molecule has 160 valence electrons. The second kappa shape index (κ2) is 8.63. The fourth-order valence-corrected chi connectivity index (χ4v) is 3.98. The van der Waals surface area contributed by atoms with E-state index in [0.717, 1.165) is 22.7 Å². The molecule has 1 aliphatic rings. The van der Waals surface area contributed by atoms with Crippen LogP contribution in [0.2, 0.25) is 0 Å². The summed E-state index contributed by atoms with van der Waals surface area (Å²) in [5, 5.41) is 3.22. The van der Waals surface area contributed by atoms with E-state index in [4.69, 9.17) is 14.2 Å². The van der Waals surface area contributed by atoms with Gasteiger partial charge in [0.25, 0.3) is 0 Å². The quantitative estimate of drug-likeness (QED) is 0.631. The molecule has 1 heterocycles. The lowest BCUT2D eigenvalue weighted by Gasteiger charge is -2.25. The molecule has 1 N–H and O–H groups in total. The van der Waals surface area contributed by atoms with Crippen molar-refractivity contribution in [3.05, 3.63) is 65.0 Å². The smallest absolute Gasteiger partial charge is 0.227 e. The summed E-state index contributed by atoms with van der Waals surface area (Å²) in [7, 11) is 4.84. The van der Waals surface area contributed by atoms with Crippen LogP contribution in [0.1, 0.15) is 39.6 Å². The van der Waals surface area contributed by atoms with Crippen molar-refractivity contribution in [3.8, 4) is 17.2 Å². The third-order valence-corrected chi connectivity index (χ3v) is 5.54. The predicted octanol–water partition coefficient (Wildman–Crippen LogP) is 4.47. The number of benzene rings is 2. The van der Waals surface area contributed by atoms with E-state index >= 15 is 0 Å². The van der Waals surface area contributed by atoms with Gasteiger partial charge in [0.2, 0.25) is 5.95 Å². The number of rotatable bonds is 6. The van der Waals surface area contributed by atoms with Crippen LogP contribution in [0.15, 0.2) is 42.5 Å². The number of nitrogens with one attached hydrogen (secondary N) is 1. The number of fused-ring (bicyclic) bond motifs is 1. The lowest BCUT2D eigenvalue weighted by molar-refractivity contribution is 0.0962. The number of carbonyl (C=O) groups excluding carboxylic acids is 1. The summed E-state index contributed by atoms with van der Waals surface area (Å²) < 4.78 is 16.0. The van der Waals surface area contributed by atoms with Crippen molar-refractivity contribution in [2.24, 2.45) is 0 Å². The normalized spacial score (nSPS) is 15.2. The van der Waals surface area contributed by atoms with Gasteiger partial charge in [0.15, 0.2) is 17.3 Å². The highest BCUT2D eigenvalue weighted by Gasteiger charge is 2.30. The van der Waals surface area contributed by atoms with Crippen LogP contribution in [-0.4, -0.2) is 37.1 Å². The van der Waals surface area contributed by atoms with Gasteiger partial charge in [-0.05, 0) is 61.2 Å². The van der Waals surface area contributed by atoms with Crippen LogP contribution in [0.5, 0.6) is 17.2 Å². The summed E-state index contributed by atoms with van der Waals surface area (Å²) in [6.45, 7) is 1.86. The van der Waals surface area contributed by atoms with Crippen molar-refractivity contribution < 1.29 is 19.0 Å². The van der Waals surface area contributed by atoms with Gasteiger partial charge in [-0.1, -0.05) is 6.07 Å². The van der Waals surface area contributed by atoms with Crippen LogP contribution >= 0.6 is 0 Å². The van der Waals surface area contributed by atoms with E-state index in [0.29, 0.717) is 41.5 Å². The number of anilines is 2. The number of aromatic nitrogens is 2. The number of Topliss-reactive ketones (excluding diaryl/α,β-unsaturated/α-hetero) is 1. The Morgan fingerprint density at radius 2 is 1.65 bits per heavy atom. The number of nitrogens with zero attached hydrogens (tertiary/aromatic N) is 2. The third kappa shape index (κ3) is 4.17. The van der Waals surface area contributed by atoms with Gasteiger partial charge in [-0.15, -0.1) is 0 Å². The maximum atomic E-state index is 12.9. The van der Waals surface area contributed by atoms with Crippen LogP contribution in [0.4, 0.5) is 11.6 Å². The second-order valence-electron chi connectivity index (χ2n) is 7.45. The summed E-state index contributed by atoms with van der Waals surface area (Å²) in [4.78, 5) is 22.1. The Labute approximate surface area is 181 Å². The van der Waals surface area contributed by atoms with Crippen LogP contribution in [-0.2, 0) is 6.42 Å². The molecule has 0 bridgehead atoms. The molecule has 0 spiro atoms. The van der Waals surface area contributed by atoms with Crippen LogP contribution < -0.4 is 19.5 Å². The minimum Gasteiger partial charge on any atom is -0.497 e. The molecule has 2 aromatic carbocycles. The summed E-state index contributed by atoms with van der Waals surface area (Å²) in [5.41, 5.74) is 3.96. The SMILES string of the molecule is COc1ccc(Nc2nc(C)c3c(n2)C[C@H](c2ccc(OC)c(OC)c2)CC3=O)cc1. The van der Waals surface area contributed by atoms with Crippen molar-refractivity contribution >= 4 is 17.4 Å². The van der Waals surface area contributed by atoms with Crippen molar-refractivity contribution in [1.82, 2.24) is 9.97 Å². The van der Waals surface area contributed by atoms with Crippen molar-refractivity contribution in [2.75, 3.05) is 26.6 Å². The van der Waals surface area contributed by atoms with Crippen molar-refractivity contribution in [3.63, 3.8) is 0 Å². The maximum Gasteiger partial charge on any atom is 0.227 e.